The zero-order valence-corrected chi connectivity index (χ0v) is 10.2. The summed E-state index contributed by atoms with van der Waals surface area (Å²) >= 11 is 1.54. The van der Waals surface area contributed by atoms with Gasteiger partial charge in [-0.05, 0) is 38.3 Å². The van der Waals surface area contributed by atoms with Crippen LogP contribution in [0.2, 0.25) is 0 Å². The van der Waals surface area contributed by atoms with Crippen molar-refractivity contribution in [3.05, 3.63) is 21.9 Å². The second kappa shape index (κ2) is 6.43. The lowest BCUT2D eigenvalue weighted by Gasteiger charge is -1.97. The van der Waals surface area contributed by atoms with Crippen LogP contribution in [0.5, 0.6) is 0 Å². The number of carboxylic acid groups (broad SMARTS) is 1. The number of carboxylic acids is 1. The Bertz CT molecular complexity index is 368. The van der Waals surface area contributed by atoms with Crippen LogP contribution in [0.3, 0.4) is 0 Å². The van der Waals surface area contributed by atoms with E-state index in [0.717, 1.165) is 30.6 Å². The molecule has 0 aromatic carbocycles. The number of thiophene rings is 1. The van der Waals surface area contributed by atoms with E-state index in [1.165, 1.54) is 16.2 Å². The van der Waals surface area contributed by atoms with Gasteiger partial charge in [-0.25, -0.2) is 0 Å². The quantitative estimate of drug-likeness (QED) is 0.588. The van der Waals surface area contributed by atoms with Gasteiger partial charge in [0.05, 0.1) is 4.88 Å². The summed E-state index contributed by atoms with van der Waals surface area (Å²) in [4.78, 5) is 23.3. The molecular formula is C12H16O3S. The maximum atomic E-state index is 11.1. The first kappa shape index (κ1) is 12.9. The summed E-state index contributed by atoms with van der Waals surface area (Å²) in [6, 6.07) is 3.85. The summed E-state index contributed by atoms with van der Waals surface area (Å²) in [6.07, 6.45) is 3.85. The van der Waals surface area contributed by atoms with Crippen molar-refractivity contribution >= 4 is 23.1 Å². The third kappa shape index (κ3) is 4.57. The highest BCUT2D eigenvalue weighted by molar-refractivity contribution is 7.14. The van der Waals surface area contributed by atoms with E-state index in [-0.39, 0.29) is 12.2 Å². The van der Waals surface area contributed by atoms with Crippen molar-refractivity contribution in [2.75, 3.05) is 0 Å². The van der Waals surface area contributed by atoms with Crippen molar-refractivity contribution in [2.45, 2.75) is 39.0 Å². The summed E-state index contributed by atoms with van der Waals surface area (Å²) in [6.45, 7) is 1.57. The molecule has 1 rings (SSSR count). The van der Waals surface area contributed by atoms with E-state index in [2.05, 4.69) is 0 Å². The Balaban J connectivity index is 2.21. The lowest BCUT2D eigenvalue weighted by Crippen LogP contribution is -1.93. The fourth-order valence-electron chi connectivity index (χ4n) is 1.45. The fourth-order valence-corrected chi connectivity index (χ4v) is 2.40. The molecule has 0 amide bonds. The molecule has 0 aliphatic heterocycles. The number of hydrogen-bond acceptors (Lipinski definition) is 3. The molecule has 88 valence electrons. The van der Waals surface area contributed by atoms with E-state index >= 15 is 0 Å². The van der Waals surface area contributed by atoms with E-state index in [9.17, 15) is 9.59 Å². The molecule has 1 aromatic rings. The predicted octanol–water partition coefficient (Wildman–Crippen LogP) is 3.14. The van der Waals surface area contributed by atoms with Gasteiger partial charge in [-0.3, -0.25) is 9.59 Å². The van der Waals surface area contributed by atoms with Crippen molar-refractivity contribution in [3.63, 3.8) is 0 Å². The van der Waals surface area contributed by atoms with Crippen molar-refractivity contribution in [1.82, 2.24) is 0 Å². The summed E-state index contributed by atoms with van der Waals surface area (Å²) < 4.78 is 0. The highest BCUT2D eigenvalue weighted by Crippen LogP contribution is 2.19. The Morgan fingerprint density at radius 2 is 2.00 bits per heavy atom. The van der Waals surface area contributed by atoms with Gasteiger partial charge in [0.1, 0.15) is 0 Å². The second-order valence-corrected chi connectivity index (χ2v) is 4.94. The molecule has 0 saturated heterocycles. The maximum absolute atomic E-state index is 11.1. The molecule has 0 unspecified atom stereocenters. The van der Waals surface area contributed by atoms with Crippen LogP contribution in [0.4, 0.5) is 0 Å². The molecule has 0 atom stereocenters. The normalized spacial score (nSPS) is 10.3. The molecule has 0 spiro atoms. The predicted molar refractivity (Wildman–Crippen MR) is 64.1 cm³/mol. The first-order valence-corrected chi connectivity index (χ1v) is 6.22. The van der Waals surface area contributed by atoms with Crippen LogP contribution in [0.1, 0.15) is 47.2 Å². The number of carbonyl (C=O) groups is 2. The van der Waals surface area contributed by atoms with E-state index < -0.39 is 5.97 Å². The fraction of sp³-hybridized carbons (Fsp3) is 0.500. The van der Waals surface area contributed by atoms with Crippen LogP contribution in [0.25, 0.3) is 0 Å². The first-order chi connectivity index (χ1) is 7.59. The standard InChI is InChI=1S/C12H16O3S/c1-9(13)11-8-7-10(16-11)5-3-2-4-6-12(14)15/h7-8H,2-6H2,1H3,(H,14,15). The van der Waals surface area contributed by atoms with Gasteiger partial charge in [0.25, 0.3) is 0 Å². The minimum atomic E-state index is -0.727. The largest absolute Gasteiger partial charge is 0.481 e. The average molecular weight is 240 g/mol. The summed E-state index contributed by atoms with van der Waals surface area (Å²) in [5.74, 6) is -0.614. The number of aliphatic carboxylic acids is 1. The van der Waals surface area contributed by atoms with E-state index in [0.29, 0.717) is 0 Å². The van der Waals surface area contributed by atoms with Crippen LogP contribution in [-0.4, -0.2) is 16.9 Å². The van der Waals surface area contributed by atoms with Crippen LogP contribution >= 0.6 is 11.3 Å². The van der Waals surface area contributed by atoms with Crippen LogP contribution < -0.4 is 0 Å². The first-order valence-electron chi connectivity index (χ1n) is 5.41. The van der Waals surface area contributed by atoms with Gasteiger partial charge in [0.15, 0.2) is 5.78 Å². The number of unbranched alkanes of at least 4 members (excludes halogenated alkanes) is 2. The molecule has 1 aromatic heterocycles. The molecule has 0 saturated carbocycles. The topological polar surface area (TPSA) is 54.4 Å². The smallest absolute Gasteiger partial charge is 0.303 e. The van der Waals surface area contributed by atoms with Crippen LogP contribution in [0.15, 0.2) is 12.1 Å². The molecule has 1 heterocycles. The number of Topliss-reactive ketones (excluding diaryl/α,β-unsaturated/α-hetero) is 1. The molecule has 3 nitrogen and oxygen atoms in total. The highest BCUT2D eigenvalue weighted by atomic mass is 32.1. The third-order valence-electron chi connectivity index (χ3n) is 2.32. The van der Waals surface area contributed by atoms with E-state index in [1.54, 1.807) is 6.92 Å². The number of hydrogen-bond donors (Lipinski definition) is 1. The van der Waals surface area contributed by atoms with Crippen LogP contribution in [-0.2, 0) is 11.2 Å². The number of carbonyl (C=O) groups excluding carboxylic acids is 1. The molecule has 1 N–H and O–H groups in total. The van der Waals surface area contributed by atoms with Crippen molar-refractivity contribution in [2.24, 2.45) is 0 Å². The minimum Gasteiger partial charge on any atom is -0.481 e. The van der Waals surface area contributed by atoms with E-state index in [4.69, 9.17) is 5.11 Å². The minimum absolute atomic E-state index is 0.113. The number of aryl methyl sites for hydroxylation is 1. The molecule has 16 heavy (non-hydrogen) atoms. The van der Waals surface area contributed by atoms with Crippen molar-refractivity contribution in [1.29, 1.82) is 0 Å². The number of rotatable bonds is 7. The lowest BCUT2D eigenvalue weighted by atomic mass is 10.1. The molecule has 0 aliphatic rings. The van der Waals surface area contributed by atoms with Crippen molar-refractivity contribution in [3.8, 4) is 0 Å². The zero-order chi connectivity index (χ0) is 12.0. The van der Waals surface area contributed by atoms with Gasteiger partial charge in [-0.1, -0.05) is 6.42 Å². The molecule has 0 aliphatic carbocycles. The monoisotopic (exact) mass is 240 g/mol. The molecule has 4 heteroatoms. The van der Waals surface area contributed by atoms with Crippen LogP contribution in [0, 0.1) is 0 Å². The van der Waals surface area contributed by atoms with Gasteiger partial charge in [0.2, 0.25) is 0 Å². The highest BCUT2D eigenvalue weighted by Gasteiger charge is 2.04. The summed E-state index contributed by atoms with van der Waals surface area (Å²) in [5.41, 5.74) is 0. The summed E-state index contributed by atoms with van der Waals surface area (Å²) in [7, 11) is 0. The number of ketones is 1. The SMILES string of the molecule is CC(=O)c1ccc(CCCCCC(=O)O)s1. The average Bonchev–Trinajstić information content (AvgIpc) is 2.65. The maximum Gasteiger partial charge on any atom is 0.303 e. The molecule has 0 bridgehead atoms. The van der Waals surface area contributed by atoms with Gasteiger partial charge in [-0.15, -0.1) is 11.3 Å². The Morgan fingerprint density at radius 3 is 2.56 bits per heavy atom. The second-order valence-electron chi connectivity index (χ2n) is 3.78. The van der Waals surface area contributed by atoms with Gasteiger partial charge in [0, 0.05) is 11.3 Å². The Hall–Kier alpha value is -1.16. The van der Waals surface area contributed by atoms with Gasteiger partial charge in [-0.2, -0.15) is 0 Å². The Morgan fingerprint density at radius 1 is 1.25 bits per heavy atom. The zero-order valence-electron chi connectivity index (χ0n) is 9.36. The third-order valence-corrected chi connectivity index (χ3v) is 3.57. The Kier molecular flexibility index (Phi) is 5.19. The summed E-state index contributed by atoms with van der Waals surface area (Å²) in [5, 5.41) is 8.46. The molecular weight excluding hydrogens is 224 g/mol. The van der Waals surface area contributed by atoms with Gasteiger partial charge < -0.3 is 5.11 Å². The lowest BCUT2D eigenvalue weighted by molar-refractivity contribution is -0.137. The molecule has 0 radical (unpaired) electrons. The molecule has 0 fully saturated rings. The Labute approximate surface area is 99.1 Å². The van der Waals surface area contributed by atoms with Gasteiger partial charge >= 0.3 is 5.97 Å². The van der Waals surface area contributed by atoms with E-state index in [1.807, 2.05) is 12.1 Å². The van der Waals surface area contributed by atoms with Crippen molar-refractivity contribution < 1.29 is 14.7 Å².